The molecule has 0 N–H and O–H groups in total. The number of amides is 1. The number of esters is 1. The lowest BCUT2D eigenvalue weighted by Gasteiger charge is -2.25. The van der Waals surface area contributed by atoms with E-state index in [9.17, 15) is 9.59 Å². The number of pyridine rings is 1. The number of carbonyl (C=O) groups is 2. The van der Waals surface area contributed by atoms with Gasteiger partial charge in [0.2, 0.25) is 5.91 Å². The van der Waals surface area contributed by atoms with Gasteiger partial charge in [0.25, 0.3) is 0 Å². The highest BCUT2D eigenvalue weighted by atomic mass is 16.5. The van der Waals surface area contributed by atoms with Crippen LogP contribution in [0.3, 0.4) is 0 Å². The van der Waals surface area contributed by atoms with Crippen LogP contribution in [0.25, 0.3) is 5.65 Å². The van der Waals surface area contributed by atoms with Gasteiger partial charge in [-0.2, -0.15) is 0 Å². The standard InChI is InChI=1S/C19H25N3O3/c1-13-9-10-21-16(11-13)20-18(15-7-5-4-6-8-15)19(21)22(14(2)23)12-17(24)25-3/h9-11,15H,4-8,12H2,1-3H3. The molecule has 1 amide bonds. The molecule has 0 spiro atoms. The van der Waals surface area contributed by atoms with E-state index >= 15 is 0 Å². The minimum absolute atomic E-state index is 0.104. The van der Waals surface area contributed by atoms with Crippen molar-refractivity contribution in [1.82, 2.24) is 9.38 Å². The topological polar surface area (TPSA) is 63.9 Å². The van der Waals surface area contributed by atoms with E-state index in [4.69, 9.17) is 9.72 Å². The summed E-state index contributed by atoms with van der Waals surface area (Å²) < 4.78 is 6.70. The van der Waals surface area contributed by atoms with Crippen LogP contribution < -0.4 is 4.90 Å². The van der Waals surface area contributed by atoms with Crippen molar-refractivity contribution in [3.05, 3.63) is 29.6 Å². The summed E-state index contributed by atoms with van der Waals surface area (Å²) in [4.78, 5) is 30.5. The molecular formula is C19H25N3O3. The third-order valence-corrected chi connectivity index (χ3v) is 4.92. The largest absolute Gasteiger partial charge is 0.468 e. The van der Waals surface area contributed by atoms with E-state index in [0.717, 1.165) is 29.7 Å². The molecule has 6 nitrogen and oxygen atoms in total. The average molecular weight is 343 g/mol. The third kappa shape index (κ3) is 3.52. The summed E-state index contributed by atoms with van der Waals surface area (Å²) in [6.07, 6.45) is 7.66. The number of rotatable bonds is 4. The number of hydrogen-bond acceptors (Lipinski definition) is 4. The van der Waals surface area contributed by atoms with E-state index in [1.54, 1.807) is 0 Å². The van der Waals surface area contributed by atoms with Gasteiger partial charge < -0.3 is 4.74 Å². The van der Waals surface area contributed by atoms with Crippen LogP contribution in [0, 0.1) is 6.92 Å². The SMILES string of the molecule is COC(=O)CN(C(C)=O)c1c(C2CCCCC2)nc2cc(C)ccn12. The fraction of sp³-hybridized carbons (Fsp3) is 0.526. The summed E-state index contributed by atoms with van der Waals surface area (Å²) in [6, 6.07) is 3.99. The minimum atomic E-state index is -0.438. The van der Waals surface area contributed by atoms with Gasteiger partial charge in [-0.15, -0.1) is 0 Å². The molecular weight excluding hydrogens is 318 g/mol. The molecule has 0 unspecified atom stereocenters. The van der Waals surface area contributed by atoms with Gasteiger partial charge >= 0.3 is 5.97 Å². The van der Waals surface area contributed by atoms with Crippen molar-refractivity contribution < 1.29 is 14.3 Å². The summed E-state index contributed by atoms with van der Waals surface area (Å²) >= 11 is 0. The molecule has 2 aromatic heterocycles. The Morgan fingerprint density at radius 2 is 2.04 bits per heavy atom. The molecule has 134 valence electrons. The maximum Gasteiger partial charge on any atom is 0.325 e. The van der Waals surface area contributed by atoms with Crippen molar-refractivity contribution in [2.45, 2.75) is 51.9 Å². The number of anilines is 1. The highest BCUT2D eigenvalue weighted by Crippen LogP contribution is 2.38. The number of imidazole rings is 1. The number of hydrogen-bond donors (Lipinski definition) is 0. The highest BCUT2D eigenvalue weighted by Gasteiger charge is 2.29. The first-order chi connectivity index (χ1) is 12.0. The molecule has 0 bridgehead atoms. The van der Waals surface area contributed by atoms with Crippen LogP contribution in [-0.4, -0.2) is 34.9 Å². The van der Waals surface area contributed by atoms with Gasteiger partial charge in [-0.25, -0.2) is 4.98 Å². The molecule has 2 aromatic rings. The van der Waals surface area contributed by atoms with E-state index in [1.807, 2.05) is 29.7 Å². The molecule has 1 aliphatic carbocycles. The van der Waals surface area contributed by atoms with Crippen molar-refractivity contribution in [1.29, 1.82) is 0 Å². The molecule has 2 heterocycles. The maximum atomic E-state index is 12.3. The molecule has 1 saturated carbocycles. The van der Waals surface area contributed by atoms with E-state index in [1.165, 1.54) is 38.2 Å². The smallest absolute Gasteiger partial charge is 0.325 e. The fourth-order valence-corrected chi connectivity index (χ4v) is 3.60. The molecule has 1 fully saturated rings. The van der Waals surface area contributed by atoms with Gasteiger partial charge in [0, 0.05) is 19.0 Å². The zero-order valence-electron chi connectivity index (χ0n) is 15.1. The lowest BCUT2D eigenvalue weighted by molar-refractivity contribution is -0.139. The Kier molecular flexibility index (Phi) is 5.06. The van der Waals surface area contributed by atoms with Gasteiger partial charge in [-0.1, -0.05) is 19.3 Å². The molecule has 0 radical (unpaired) electrons. The number of nitrogens with zero attached hydrogens (tertiary/aromatic N) is 3. The Hall–Kier alpha value is -2.37. The minimum Gasteiger partial charge on any atom is -0.468 e. The van der Waals surface area contributed by atoms with Crippen molar-refractivity contribution >= 4 is 23.3 Å². The third-order valence-electron chi connectivity index (χ3n) is 4.92. The number of ether oxygens (including phenoxy) is 1. The van der Waals surface area contributed by atoms with Gasteiger partial charge in [0.15, 0.2) is 0 Å². The summed E-state index contributed by atoms with van der Waals surface area (Å²) in [7, 11) is 1.33. The summed E-state index contributed by atoms with van der Waals surface area (Å²) in [5.74, 6) is 0.403. The lowest BCUT2D eigenvalue weighted by Crippen LogP contribution is -2.36. The number of fused-ring (bicyclic) bond motifs is 1. The van der Waals surface area contributed by atoms with Crippen LogP contribution in [0.4, 0.5) is 5.82 Å². The van der Waals surface area contributed by atoms with Crippen molar-refractivity contribution in [3.8, 4) is 0 Å². The Bertz CT molecular complexity index is 791. The molecule has 6 heteroatoms. The monoisotopic (exact) mass is 343 g/mol. The van der Waals surface area contributed by atoms with Gasteiger partial charge in [-0.3, -0.25) is 18.9 Å². The van der Waals surface area contributed by atoms with Gasteiger partial charge in [0.05, 0.1) is 12.8 Å². The van der Waals surface area contributed by atoms with Crippen LogP contribution in [0.2, 0.25) is 0 Å². The number of methoxy groups -OCH3 is 1. The first-order valence-electron chi connectivity index (χ1n) is 8.84. The normalized spacial score (nSPS) is 15.3. The number of aromatic nitrogens is 2. The van der Waals surface area contributed by atoms with Crippen LogP contribution in [0.5, 0.6) is 0 Å². The van der Waals surface area contributed by atoms with E-state index in [-0.39, 0.29) is 12.5 Å². The summed E-state index contributed by atoms with van der Waals surface area (Å²) in [5.41, 5.74) is 2.85. The number of aryl methyl sites for hydroxylation is 1. The van der Waals surface area contributed by atoms with E-state index < -0.39 is 5.97 Å². The zero-order chi connectivity index (χ0) is 18.0. The summed E-state index contributed by atoms with van der Waals surface area (Å²) in [6.45, 7) is 3.39. The molecule has 0 saturated heterocycles. The van der Waals surface area contributed by atoms with E-state index in [2.05, 4.69) is 0 Å². The quantitative estimate of drug-likeness (QED) is 0.800. The molecule has 3 rings (SSSR count). The predicted molar refractivity (Wildman–Crippen MR) is 95.8 cm³/mol. The van der Waals surface area contributed by atoms with Crippen LogP contribution >= 0.6 is 0 Å². The Balaban J connectivity index is 2.14. The van der Waals surface area contributed by atoms with Gasteiger partial charge in [0.1, 0.15) is 18.0 Å². The van der Waals surface area contributed by atoms with Crippen LogP contribution in [0.1, 0.15) is 56.2 Å². The van der Waals surface area contributed by atoms with Crippen molar-refractivity contribution in [3.63, 3.8) is 0 Å². The molecule has 25 heavy (non-hydrogen) atoms. The highest BCUT2D eigenvalue weighted by molar-refractivity contribution is 5.96. The summed E-state index contributed by atoms with van der Waals surface area (Å²) in [5, 5.41) is 0. The first kappa shape index (κ1) is 17.5. The van der Waals surface area contributed by atoms with Crippen LogP contribution in [0.15, 0.2) is 18.3 Å². The second kappa shape index (κ2) is 7.25. The van der Waals surface area contributed by atoms with Crippen molar-refractivity contribution in [2.75, 3.05) is 18.6 Å². The van der Waals surface area contributed by atoms with Gasteiger partial charge in [-0.05, 0) is 37.5 Å². The maximum absolute atomic E-state index is 12.3. The predicted octanol–water partition coefficient (Wildman–Crippen LogP) is 3.22. The second-order valence-corrected chi connectivity index (χ2v) is 6.77. The zero-order valence-corrected chi connectivity index (χ0v) is 15.1. The Labute approximate surface area is 147 Å². The molecule has 0 aliphatic heterocycles. The Morgan fingerprint density at radius 3 is 2.68 bits per heavy atom. The first-order valence-corrected chi connectivity index (χ1v) is 8.84. The number of carbonyl (C=O) groups excluding carboxylic acids is 2. The molecule has 1 aliphatic rings. The van der Waals surface area contributed by atoms with Crippen molar-refractivity contribution in [2.24, 2.45) is 0 Å². The molecule has 0 atom stereocenters. The van der Waals surface area contributed by atoms with E-state index in [0.29, 0.717) is 11.7 Å². The lowest BCUT2D eigenvalue weighted by atomic mass is 9.87. The van der Waals surface area contributed by atoms with Crippen LogP contribution in [-0.2, 0) is 14.3 Å². The second-order valence-electron chi connectivity index (χ2n) is 6.77. The Morgan fingerprint density at radius 1 is 1.32 bits per heavy atom. The fourth-order valence-electron chi connectivity index (χ4n) is 3.60. The average Bonchev–Trinajstić information content (AvgIpc) is 2.98. The molecule has 0 aromatic carbocycles.